The molecule has 200 valence electrons. The number of alkyl carbamates (subject to hydrolysis) is 1. The molecule has 13 heteroatoms. The lowest BCUT2D eigenvalue weighted by molar-refractivity contribution is -0.126. The van der Waals surface area contributed by atoms with E-state index in [0.29, 0.717) is 0 Å². The van der Waals surface area contributed by atoms with Crippen molar-refractivity contribution in [2.75, 3.05) is 26.2 Å². The summed E-state index contributed by atoms with van der Waals surface area (Å²) in [5.74, 6) is -4.78. The Hall–Kier alpha value is -3.08. The molecule has 0 aromatic heterocycles. The van der Waals surface area contributed by atoms with E-state index in [2.05, 4.69) is 5.32 Å². The number of benzene rings is 1. The molecule has 2 amide bonds. The summed E-state index contributed by atoms with van der Waals surface area (Å²) in [5, 5.41) is 31.1. The van der Waals surface area contributed by atoms with Crippen molar-refractivity contribution in [3.63, 3.8) is 0 Å². The van der Waals surface area contributed by atoms with E-state index in [-0.39, 0.29) is 31.5 Å². The topological polar surface area (TPSA) is 126 Å². The molecule has 2 aliphatic heterocycles. The summed E-state index contributed by atoms with van der Waals surface area (Å²) in [7, 11) is -1.90. The standard InChI is InChI=1S/C24H30BF3N4O5/c1-23(2,32-9-8-24(27,28)15-32)11-17(12-29)21(33)31-13-18(26)19(14-31)37-22(34)30-20(25(35)36)10-16-6-4-3-5-7-16/h3-7,11,18-20,35-36H,8-10,13-15H2,1-2H3,(H,30,34)/t18-,19+,20-/m0/s1. The van der Waals surface area contributed by atoms with Crippen molar-refractivity contribution in [3.05, 3.63) is 47.5 Å². The number of nitrogens with one attached hydrogen (secondary N) is 1. The lowest BCUT2D eigenvalue weighted by Gasteiger charge is -2.33. The third kappa shape index (κ3) is 7.47. The SMILES string of the molecule is CC(C)(C=C(C#N)C(=O)N1C[C@H](F)[C@H](OC(=O)N[C@@H](Cc2ccccc2)B(O)O)C1)N1CCC(F)(F)C1. The number of carbonyl (C=O) groups excluding carboxylic acids is 2. The molecular weight excluding hydrogens is 492 g/mol. The molecule has 0 unspecified atom stereocenters. The van der Waals surface area contributed by atoms with Crippen LogP contribution in [-0.4, -0.2) is 94.8 Å². The average molecular weight is 522 g/mol. The zero-order valence-electron chi connectivity index (χ0n) is 20.6. The highest BCUT2D eigenvalue weighted by Crippen LogP contribution is 2.33. The zero-order chi connectivity index (χ0) is 27.4. The van der Waals surface area contributed by atoms with Gasteiger partial charge in [-0.1, -0.05) is 30.3 Å². The summed E-state index contributed by atoms with van der Waals surface area (Å²) in [6.07, 6.45) is -3.13. The highest BCUT2D eigenvalue weighted by Gasteiger charge is 2.44. The maximum absolute atomic E-state index is 14.6. The molecule has 3 atom stereocenters. The van der Waals surface area contributed by atoms with Gasteiger partial charge in [-0.3, -0.25) is 9.69 Å². The zero-order valence-corrected chi connectivity index (χ0v) is 20.6. The Bertz CT molecular complexity index is 1050. The summed E-state index contributed by atoms with van der Waals surface area (Å²) in [6, 6.07) is 10.5. The van der Waals surface area contributed by atoms with E-state index in [4.69, 9.17) is 4.74 Å². The summed E-state index contributed by atoms with van der Waals surface area (Å²) >= 11 is 0. The van der Waals surface area contributed by atoms with E-state index in [1.165, 1.54) is 11.0 Å². The number of amides is 2. The smallest absolute Gasteiger partial charge is 0.441 e. The van der Waals surface area contributed by atoms with Gasteiger partial charge < -0.3 is 25.0 Å². The average Bonchev–Trinajstić information content (AvgIpc) is 3.39. The molecule has 2 fully saturated rings. The molecule has 0 saturated carbocycles. The van der Waals surface area contributed by atoms with Crippen molar-refractivity contribution < 1.29 is 37.5 Å². The van der Waals surface area contributed by atoms with Crippen LogP contribution in [0.3, 0.4) is 0 Å². The van der Waals surface area contributed by atoms with Gasteiger partial charge in [-0.15, -0.1) is 0 Å². The van der Waals surface area contributed by atoms with Crippen molar-refractivity contribution in [1.82, 2.24) is 15.1 Å². The summed E-state index contributed by atoms with van der Waals surface area (Å²) in [4.78, 5) is 27.8. The number of halogens is 3. The minimum absolute atomic E-state index is 0.0804. The molecule has 3 N–H and O–H groups in total. The molecule has 0 spiro atoms. The van der Waals surface area contributed by atoms with E-state index >= 15 is 0 Å². The second-order valence-electron chi connectivity index (χ2n) is 9.88. The van der Waals surface area contributed by atoms with Crippen LogP contribution in [-0.2, 0) is 16.0 Å². The normalized spacial score (nSPS) is 22.9. The molecule has 1 aromatic rings. The Labute approximate surface area is 213 Å². The van der Waals surface area contributed by atoms with Crippen LogP contribution in [0.2, 0.25) is 0 Å². The van der Waals surface area contributed by atoms with Crippen LogP contribution in [0.1, 0.15) is 25.8 Å². The molecule has 0 radical (unpaired) electrons. The number of nitrogens with zero attached hydrogens (tertiary/aromatic N) is 3. The molecule has 2 saturated heterocycles. The highest BCUT2D eigenvalue weighted by atomic mass is 19.3. The monoisotopic (exact) mass is 522 g/mol. The number of hydrogen-bond acceptors (Lipinski definition) is 7. The molecule has 9 nitrogen and oxygen atoms in total. The maximum Gasteiger partial charge on any atom is 0.475 e. The fraction of sp³-hybridized carbons (Fsp3) is 0.542. The molecule has 2 aliphatic rings. The number of likely N-dealkylation sites (tertiary alicyclic amines) is 2. The van der Waals surface area contributed by atoms with E-state index in [1.54, 1.807) is 50.2 Å². The molecule has 0 bridgehead atoms. The first kappa shape index (κ1) is 28.5. The largest absolute Gasteiger partial charge is 0.475 e. The molecule has 1 aromatic carbocycles. The van der Waals surface area contributed by atoms with Crippen molar-refractivity contribution in [3.8, 4) is 6.07 Å². The van der Waals surface area contributed by atoms with Crippen LogP contribution in [0.15, 0.2) is 42.0 Å². The van der Waals surface area contributed by atoms with Gasteiger partial charge in [0.25, 0.3) is 11.8 Å². The number of ether oxygens (including phenoxy) is 1. The third-order valence-corrected chi connectivity index (χ3v) is 6.54. The van der Waals surface area contributed by atoms with Gasteiger partial charge in [-0.25, -0.2) is 18.0 Å². The predicted octanol–water partition coefficient (Wildman–Crippen LogP) is 1.45. The van der Waals surface area contributed by atoms with Crippen LogP contribution in [0, 0.1) is 11.3 Å². The van der Waals surface area contributed by atoms with Gasteiger partial charge in [0.2, 0.25) is 0 Å². The number of hydrogen-bond donors (Lipinski definition) is 3. The van der Waals surface area contributed by atoms with Crippen LogP contribution in [0.5, 0.6) is 0 Å². The van der Waals surface area contributed by atoms with Crippen molar-refractivity contribution in [2.45, 2.75) is 56.4 Å². The Morgan fingerprint density at radius 3 is 2.57 bits per heavy atom. The lowest BCUT2D eigenvalue weighted by atomic mass is 9.76. The second kappa shape index (κ2) is 11.5. The Balaban J connectivity index is 1.61. The van der Waals surface area contributed by atoms with Crippen molar-refractivity contribution in [1.29, 1.82) is 5.26 Å². The molecule has 2 heterocycles. The Kier molecular flexibility index (Phi) is 8.89. The number of nitriles is 1. The van der Waals surface area contributed by atoms with Crippen molar-refractivity contribution >= 4 is 19.1 Å². The second-order valence-corrected chi connectivity index (χ2v) is 9.88. The molecule has 37 heavy (non-hydrogen) atoms. The lowest BCUT2D eigenvalue weighted by Crippen LogP contribution is -2.49. The summed E-state index contributed by atoms with van der Waals surface area (Å²) < 4.78 is 47.1. The van der Waals surface area contributed by atoms with Gasteiger partial charge in [-0.05, 0) is 31.9 Å². The Morgan fingerprint density at radius 1 is 1.32 bits per heavy atom. The number of alkyl halides is 3. The molecule has 0 aliphatic carbocycles. The van der Waals surface area contributed by atoms with Crippen LogP contribution in [0.4, 0.5) is 18.0 Å². The first-order valence-electron chi connectivity index (χ1n) is 11.9. The van der Waals surface area contributed by atoms with Gasteiger partial charge in [0.15, 0.2) is 12.3 Å². The number of rotatable bonds is 8. The summed E-state index contributed by atoms with van der Waals surface area (Å²) in [6.45, 7) is 2.04. The minimum Gasteiger partial charge on any atom is -0.441 e. The summed E-state index contributed by atoms with van der Waals surface area (Å²) in [5.41, 5.74) is -0.633. The van der Waals surface area contributed by atoms with Gasteiger partial charge in [0, 0.05) is 18.5 Å². The first-order chi connectivity index (χ1) is 17.3. The van der Waals surface area contributed by atoms with Crippen molar-refractivity contribution in [2.24, 2.45) is 0 Å². The third-order valence-electron chi connectivity index (χ3n) is 6.54. The van der Waals surface area contributed by atoms with Crippen LogP contribution in [0.25, 0.3) is 0 Å². The Morgan fingerprint density at radius 2 is 2.00 bits per heavy atom. The van der Waals surface area contributed by atoms with Gasteiger partial charge in [0.1, 0.15) is 11.6 Å². The molecular formula is C24H30BF3N4O5. The highest BCUT2D eigenvalue weighted by molar-refractivity contribution is 6.43. The van der Waals surface area contributed by atoms with Gasteiger partial charge in [0.05, 0.1) is 25.6 Å². The fourth-order valence-electron chi connectivity index (χ4n) is 4.42. The maximum atomic E-state index is 14.6. The van der Waals surface area contributed by atoms with Gasteiger partial charge in [-0.2, -0.15) is 5.26 Å². The van der Waals surface area contributed by atoms with E-state index in [1.807, 2.05) is 0 Å². The van der Waals surface area contributed by atoms with Crippen LogP contribution < -0.4 is 5.32 Å². The quantitative estimate of drug-likeness (QED) is 0.268. The predicted molar refractivity (Wildman–Crippen MR) is 128 cm³/mol. The van der Waals surface area contributed by atoms with E-state index in [9.17, 15) is 38.1 Å². The number of carbonyl (C=O) groups is 2. The van der Waals surface area contributed by atoms with E-state index in [0.717, 1.165) is 10.5 Å². The van der Waals surface area contributed by atoms with Gasteiger partial charge >= 0.3 is 13.2 Å². The van der Waals surface area contributed by atoms with Crippen LogP contribution >= 0.6 is 0 Å². The van der Waals surface area contributed by atoms with E-state index < -0.39 is 61.9 Å². The minimum atomic E-state index is -2.85. The fourth-order valence-corrected chi connectivity index (χ4v) is 4.42. The molecule has 3 rings (SSSR count). The first-order valence-corrected chi connectivity index (χ1v) is 11.9.